The summed E-state index contributed by atoms with van der Waals surface area (Å²) >= 11 is 0. The number of benzene rings is 3. The molecule has 226 valence electrons. The predicted octanol–water partition coefficient (Wildman–Crippen LogP) is 4.93. The topological polar surface area (TPSA) is 105 Å². The number of nitrogens with one attached hydrogen (secondary N) is 1. The van der Waals surface area contributed by atoms with E-state index in [0.717, 1.165) is 21.9 Å². The number of aryl methyl sites for hydroxylation is 1. The van der Waals surface area contributed by atoms with Crippen LogP contribution in [0.2, 0.25) is 0 Å². The fourth-order valence-corrected chi connectivity index (χ4v) is 5.98. The minimum Gasteiger partial charge on any atom is -0.497 e. The number of hydrogen-bond acceptors (Lipinski definition) is 6. The highest BCUT2D eigenvalue weighted by Crippen LogP contribution is 2.33. The Balaban J connectivity index is 2.11. The molecule has 0 saturated carbocycles. The molecule has 0 aliphatic carbocycles. The molecule has 0 aliphatic rings. The van der Waals surface area contributed by atoms with Gasteiger partial charge in [0.15, 0.2) is 0 Å². The molecule has 0 aromatic heterocycles. The van der Waals surface area contributed by atoms with Crippen LogP contribution in [0.25, 0.3) is 0 Å². The van der Waals surface area contributed by atoms with Crippen LogP contribution >= 0.6 is 0 Å². The number of methoxy groups -OCH3 is 2. The first-order chi connectivity index (χ1) is 20.1. The van der Waals surface area contributed by atoms with Crippen LogP contribution in [0.3, 0.4) is 0 Å². The zero-order valence-corrected chi connectivity index (χ0v) is 26.0. The highest BCUT2D eigenvalue weighted by Gasteiger charge is 2.35. The average molecular weight is 596 g/mol. The fraction of sp³-hybridized carbons (Fsp3) is 0.375. The molecule has 0 fully saturated rings. The van der Waals surface area contributed by atoms with E-state index < -0.39 is 28.5 Å². The molecule has 0 radical (unpaired) electrons. The summed E-state index contributed by atoms with van der Waals surface area (Å²) in [6.45, 7) is 7.24. The summed E-state index contributed by atoms with van der Waals surface area (Å²) in [5.74, 6) is -0.0196. The summed E-state index contributed by atoms with van der Waals surface area (Å²) in [6, 6.07) is 19.3. The van der Waals surface area contributed by atoms with Crippen molar-refractivity contribution >= 4 is 27.5 Å². The standard InChI is InChI=1S/C32H41N3O6S/c1-7-24(4)33-32(37)28(8-2)34(21-25-14-10-9-13-23(25)3)31(36)22-35(29-15-11-12-16-30(29)41-6)42(38,39)27-19-17-26(40-5)18-20-27/h9-20,24,28H,7-8,21-22H2,1-6H3,(H,33,37)/t24-,28+/m1/s1. The number of para-hydroxylation sites is 2. The van der Waals surface area contributed by atoms with Crippen LogP contribution in [-0.4, -0.2) is 58.0 Å². The Morgan fingerprint density at radius 1 is 0.881 bits per heavy atom. The second-order valence-corrected chi connectivity index (χ2v) is 11.9. The van der Waals surface area contributed by atoms with Crippen LogP contribution in [0.15, 0.2) is 77.7 Å². The van der Waals surface area contributed by atoms with Gasteiger partial charge < -0.3 is 19.7 Å². The van der Waals surface area contributed by atoms with Crippen molar-refractivity contribution in [1.82, 2.24) is 10.2 Å². The molecular weight excluding hydrogens is 554 g/mol. The third kappa shape index (κ3) is 7.61. The van der Waals surface area contributed by atoms with Crippen molar-refractivity contribution in [2.45, 2.75) is 64.1 Å². The molecule has 1 N–H and O–H groups in total. The maximum atomic E-state index is 14.3. The van der Waals surface area contributed by atoms with E-state index >= 15 is 0 Å². The van der Waals surface area contributed by atoms with E-state index in [1.807, 2.05) is 52.0 Å². The van der Waals surface area contributed by atoms with Gasteiger partial charge in [-0.25, -0.2) is 8.42 Å². The third-order valence-electron chi connectivity index (χ3n) is 7.27. The van der Waals surface area contributed by atoms with Gasteiger partial charge >= 0.3 is 0 Å². The highest BCUT2D eigenvalue weighted by atomic mass is 32.2. The number of ether oxygens (including phenoxy) is 2. The van der Waals surface area contributed by atoms with Crippen molar-refractivity contribution in [3.05, 3.63) is 83.9 Å². The minimum absolute atomic E-state index is 0.0194. The molecule has 3 aromatic rings. The maximum Gasteiger partial charge on any atom is 0.264 e. The summed E-state index contributed by atoms with van der Waals surface area (Å²) in [7, 11) is -1.31. The van der Waals surface area contributed by atoms with E-state index in [9.17, 15) is 18.0 Å². The van der Waals surface area contributed by atoms with E-state index in [2.05, 4.69) is 5.32 Å². The molecule has 10 heteroatoms. The minimum atomic E-state index is -4.25. The van der Waals surface area contributed by atoms with E-state index in [0.29, 0.717) is 12.2 Å². The molecule has 3 aromatic carbocycles. The Bertz CT molecular complexity index is 1460. The molecular formula is C32H41N3O6S. The molecule has 0 bridgehead atoms. The van der Waals surface area contributed by atoms with Crippen LogP contribution in [0.1, 0.15) is 44.7 Å². The number of carbonyl (C=O) groups is 2. The molecule has 0 saturated heterocycles. The van der Waals surface area contributed by atoms with E-state index in [-0.39, 0.29) is 34.8 Å². The van der Waals surface area contributed by atoms with Crippen LogP contribution in [0, 0.1) is 6.92 Å². The van der Waals surface area contributed by atoms with Crippen molar-refractivity contribution in [3.63, 3.8) is 0 Å². The monoisotopic (exact) mass is 595 g/mol. The smallest absolute Gasteiger partial charge is 0.264 e. The van der Waals surface area contributed by atoms with Gasteiger partial charge in [-0.2, -0.15) is 0 Å². The highest BCUT2D eigenvalue weighted by molar-refractivity contribution is 7.92. The van der Waals surface area contributed by atoms with Crippen molar-refractivity contribution in [3.8, 4) is 11.5 Å². The van der Waals surface area contributed by atoms with Gasteiger partial charge in [0.1, 0.15) is 24.1 Å². The lowest BCUT2D eigenvalue weighted by Gasteiger charge is -2.34. The number of amides is 2. The summed E-state index contributed by atoms with van der Waals surface area (Å²) < 4.78 is 39.9. The lowest BCUT2D eigenvalue weighted by molar-refractivity contribution is -0.140. The molecule has 0 unspecified atom stereocenters. The number of hydrogen-bond donors (Lipinski definition) is 1. The summed E-state index contributed by atoms with van der Waals surface area (Å²) in [5, 5.41) is 2.99. The first-order valence-corrected chi connectivity index (χ1v) is 15.4. The van der Waals surface area contributed by atoms with Gasteiger partial charge in [0, 0.05) is 12.6 Å². The van der Waals surface area contributed by atoms with Gasteiger partial charge in [0.05, 0.1) is 24.8 Å². The van der Waals surface area contributed by atoms with Crippen molar-refractivity contribution in [2.75, 3.05) is 25.1 Å². The molecule has 0 heterocycles. The number of rotatable bonds is 14. The molecule has 42 heavy (non-hydrogen) atoms. The lowest BCUT2D eigenvalue weighted by Crippen LogP contribution is -2.53. The Labute approximate surface area is 249 Å². The first-order valence-electron chi connectivity index (χ1n) is 14.0. The van der Waals surface area contributed by atoms with Gasteiger partial charge in [0.2, 0.25) is 11.8 Å². The zero-order valence-electron chi connectivity index (χ0n) is 25.2. The maximum absolute atomic E-state index is 14.3. The van der Waals surface area contributed by atoms with Crippen LogP contribution < -0.4 is 19.1 Å². The number of nitrogens with zero attached hydrogens (tertiary/aromatic N) is 2. The molecule has 2 atom stereocenters. The van der Waals surface area contributed by atoms with Crippen LogP contribution in [-0.2, 0) is 26.2 Å². The number of carbonyl (C=O) groups excluding carboxylic acids is 2. The molecule has 3 rings (SSSR count). The van der Waals surface area contributed by atoms with Gasteiger partial charge in [-0.05, 0) is 74.2 Å². The SMILES string of the molecule is CC[C@@H](C)NC(=O)[C@H](CC)N(Cc1ccccc1C)C(=O)CN(c1ccccc1OC)S(=O)(=O)c1ccc(OC)cc1. The summed E-state index contributed by atoms with van der Waals surface area (Å²) in [6.07, 6.45) is 1.08. The predicted molar refractivity (Wildman–Crippen MR) is 164 cm³/mol. The lowest BCUT2D eigenvalue weighted by atomic mass is 10.1. The summed E-state index contributed by atoms with van der Waals surface area (Å²) in [5.41, 5.74) is 2.03. The second-order valence-electron chi connectivity index (χ2n) is 10.0. The van der Waals surface area contributed by atoms with Crippen molar-refractivity contribution < 1.29 is 27.5 Å². The normalized spacial score (nSPS) is 12.6. The Kier molecular flexibility index (Phi) is 11.4. The number of sulfonamides is 1. The van der Waals surface area contributed by atoms with E-state index in [1.165, 1.54) is 31.3 Å². The number of anilines is 1. The van der Waals surface area contributed by atoms with Gasteiger partial charge in [-0.15, -0.1) is 0 Å². The van der Waals surface area contributed by atoms with E-state index in [4.69, 9.17) is 9.47 Å². The van der Waals surface area contributed by atoms with Gasteiger partial charge in [-0.3, -0.25) is 13.9 Å². The Morgan fingerprint density at radius 3 is 2.12 bits per heavy atom. The van der Waals surface area contributed by atoms with Crippen LogP contribution in [0.5, 0.6) is 11.5 Å². The van der Waals surface area contributed by atoms with Gasteiger partial charge in [0.25, 0.3) is 10.0 Å². The van der Waals surface area contributed by atoms with Crippen LogP contribution in [0.4, 0.5) is 5.69 Å². The molecule has 9 nitrogen and oxygen atoms in total. The Hall–Kier alpha value is -4.05. The zero-order chi connectivity index (χ0) is 30.9. The largest absolute Gasteiger partial charge is 0.497 e. The van der Waals surface area contributed by atoms with Crippen molar-refractivity contribution in [1.29, 1.82) is 0 Å². The fourth-order valence-electron chi connectivity index (χ4n) is 4.56. The molecule has 0 aliphatic heterocycles. The van der Waals surface area contributed by atoms with E-state index in [1.54, 1.807) is 36.4 Å². The van der Waals surface area contributed by atoms with Crippen molar-refractivity contribution in [2.24, 2.45) is 0 Å². The quantitative estimate of drug-likeness (QED) is 0.283. The molecule has 2 amide bonds. The Morgan fingerprint density at radius 2 is 1.52 bits per heavy atom. The second kappa shape index (κ2) is 14.7. The average Bonchev–Trinajstić information content (AvgIpc) is 3.00. The first kappa shape index (κ1) is 32.5. The third-order valence-corrected chi connectivity index (χ3v) is 9.04. The van der Waals surface area contributed by atoms with Gasteiger partial charge in [-0.1, -0.05) is 50.2 Å². The molecule has 0 spiro atoms. The summed E-state index contributed by atoms with van der Waals surface area (Å²) in [4.78, 5) is 29.1.